The number of nitrogens with zero attached hydrogens (tertiary/aromatic N) is 3. The smallest absolute Gasteiger partial charge is 0.245 e. The molecule has 0 atom stereocenters. The van der Waals surface area contributed by atoms with Gasteiger partial charge in [-0.3, -0.25) is 4.79 Å². The number of fused-ring (bicyclic) bond motifs is 2. The fraction of sp³-hybridized carbons (Fsp3) is 0.217. The van der Waals surface area contributed by atoms with Crippen molar-refractivity contribution in [3.63, 3.8) is 0 Å². The van der Waals surface area contributed by atoms with Gasteiger partial charge in [-0.05, 0) is 55.8 Å². The van der Waals surface area contributed by atoms with Crippen LogP contribution in [0.15, 0.2) is 60.7 Å². The van der Waals surface area contributed by atoms with Crippen molar-refractivity contribution in [2.24, 2.45) is 0 Å². The van der Waals surface area contributed by atoms with Gasteiger partial charge in [0.1, 0.15) is 12.4 Å². The minimum Gasteiger partial charge on any atom is -0.335 e. The number of para-hydroxylation sites is 2. The van der Waals surface area contributed by atoms with Gasteiger partial charge in [0.15, 0.2) is 0 Å². The highest BCUT2D eigenvalue weighted by Crippen LogP contribution is 2.31. The molecule has 4 aromatic rings. The van der Waals surface area contributed by atoms with Crippen molar-refractivity contribution in [1.29, 1.82) is 0 Å². The van der Waals surface area contributed by atoms with Crippen LogP contribution < -0.4 is 5.32 Å². The maximum atomic E-state index is 13.0. The highest BCUT2D eigenvalue weighted by atomic mass is 16.2. The van der Waals surface area contributed by atoms with E-state index in [-0.39, 0.29) is 12.5 Å². The lowest BCUT2D eigenvalue weighted by Crippen LogP contribution is -2.21. The largest absolute Gasteiger partial charge is 0.335 e. The molecule has 0 radical (unpaired) electrons. The third-order valence-electron chi connectivity index (χ3n) is 5.49. The summed E-state index contributed by atoms with van der Waals surface area (Å²) in [5.74, 6) is 0.786. The molecule has 0 aliphatic heterocycles. The Morgan fingerprint density at radius 2 is 1.86 bits per heavy atom. The first-order chi connectivity index (χ1) is 13.7. The van der Waals surface area contributed by atoms with Crippen LogP contribution in [0, 0.1) is 6.92 Å². The van der Waals surface area contributed by atoms with E-state index in [0.717, 1.165) is 53.1 Å². The van der Waals surface area contributed by atoms with Crippen LogP contribution >= 0.6 is 0 Å². The molecule has 28 heavy (non-hydrogen) atoms. The third kappa shape index (κ3) is 2.80. The average Bonchev–Trinajstić information content (AvgIpc) is 3.38. The maximum absolute atomic E-state index is 13.0. The number of hydrogen-bond donors (Lipinski definition) is 1. The highest BCUT2D eigenvalue weighted by Gasteiger charge is 2.24. The Hall–Kier alpha value is -3.34. The van der Waals surface area contributed by atoms with Crippen molar-refractivity contribution in [3.8, 4) is 5.69 Å². The summed E-state index contributed by atoms with van der Waals surface area (Å²) in [6, 6.07) is 20.3. The van der Waals surface area contributed by atoms with Crippen molar-refractivity contribution in [2.45, 2.75) is 32.7 Å². The Labute approximate surface area is 163 Å². The molecule has 0 unspecified atom stereocenters. The van der Waals surface area contributed by atoms with Crippen molar-refractivity contribution in [2.75, 3.05) is 5.32 Å². The van der Waals surface area contributed by atoms with Crippen LogP contribution in [-0.2, 0) is 24.2 Å². The van der Waals surface area contributed by atoms with E-state index in [9.17, 15) is 4.79 Å². The van der Waals surface area contributed by atoms with Crippen LogP contribution in [0.1, 0.15) is 23.4 Å². The molecule has 1 aliphatic carbocycles. The molecule has 1 aliphatic rings. The summed E-state index contributed by atoms with van der Waals surface area (Å²) >= 11 is 0. The second-order valence-corrected chi connectivity index (χ2v) is 7.35. The first-order valence-electron chi connectivity index (χ1n) is 9.71. The quantitative estimate of drug-likeness (QED) is 0.583. The molecule has 2 heterocycles. The van der Waals surface area contributed by atoms with E-state index in [2.05, 4.69) is 28.1 Å². The number of rotatable bonds is 4. The van der Waals surface area contributed by atoms with Gasteiger partial charge < -0.3 is 9.88 Å². The van der Waals surface area contributed by atoms with Gasteiger partial charge in [0, 0.05) is 16.8 Å². The van der Waals surface area contributed by atoms with Gasteiger partial charge in [0.25, 0.3) is 0 Å². The van der Waals surface area contributed by atoms with Crippen LogP contribution in [0.4, 0.5) is 5.82 Å². The second kappa shape index (κ2) is 6.68. The van der Waals surface area contributed by atoms with Crippen LogP contribution in [-0.4, -0.2) is 20.3 Å². The Morgan fingerprint density at radius 3 is 2.71 bits per heavy atom. The number of amides is 1. The molecule has 2 aromatic carbocycles. The van der Waals surface area contributed by atoms with Crippen LogP contribution in [0.25, 0.3) is 16.6 Å². The van der Waals surface area contributed by atoms with Crippen molar-refractivity contribution >= 4 is 22.6 Å². The number of nitrogens with one attached hydrogen (secondary N) is 1. The van der Waals surface area contributed by atoms with E-state index < -0.39 is 0 Å². The van der Waals surface area contributed by atoms with Crippen molar-refractivity contribution in [3.05, 3.63) is 77.6 Å². The van der Waals surface area contributed by atoms with Gasteiger partial charge in [-0.1, -0.05) is 36.4 Å². The molecule has 0 saturated carbocycles. The molecule has 1 amide bonds. The lowest BCUT2D eigenvalue weighted by molar-refractivity contribution is -0.116. The lowest BCUT2D eigenvalue weighted by atomic mass is 10.2. The fourth-order valence-electron chi connectivity index (χ4n) is 4.15. The highest BCUT2D eigenvalue weighted by molar-refractivity contribution is 5.92. The molecule has 5 heteroatoms. The summed E-state index contributed by atoms with van der Waals surface area (Å²) in [6.45, 7) is 2.33. The van der Waals surface area contributed by atoms with Crippen LogP contribution in [0.2, 0.25) is 0 Å². The van der Waals surface area contributed by atoms with E-state index >= 15 is 0 Å². The molecule has 1 N–H and O–H groups in total. The molecule has 0 spiro atoms. The van der Waals surface area contributed by atoms with Crippen LogP contribution in [0.5, 0.6) is 0 Å². The monoisotopic (exact) mass is 370 g/mol. The number of benzene rings is 2. The average molecular weight is 370 g/mol. The molecule has 5 nitrogen and oxygen atoms in total. The summed E-state index contributed by atoms with van der Waals surface area (Å²) < 4.78 is 3.94. The van der Waals surface area contributed by atoms with Crippen molar-refractivity contribution < 1.29 is 4.79 Å². The molecular weight excluding hydrogens is 348 g/mol. The number of hydrogen-bond acceptors (Lipinski definition) is 2. The number of carbonyl (C=O) groups is 1. The fourth-order valence-corrected chi connectivity index (χ4v) is 4.15. The van der Waals surface area contributed by atoms with Gasteiger partial charge in [0.05, 0.1) is 11.4 Å². The Morgan fingerprint density at radius 1 is 1.07 bits per heavy atom. The van der Waals surface area contributed by atoms with E-state index in [1.165, 1.54) is 5.56 Å². The standard InChI is InChI=1S/C23H22N4O/c1-16-14-17-8-5-6-13-21(17)26(16)15-22(28)24-23-19-11-7-12-20(19)25-27(23)18-9-3-2-4-10-18/h2-6,8-10,13-14H,7,11-12,15H2,1H3,(H,24,28). The number of anilines is 1. The Bertz CT molecular complexity index is 1170. The molecule has 2 aromatic heterocycles. The summed E-state index contributed by atoms with van der Waals surface area (Å²) in [6.07, 6.45) is 3.03. The number of aromatic nitrogens is 3. The van der Waals surface area contributed by atoms with Crippen molar-refractivity contribution in [1.82, 2.24) is 14.3 Å². The molecular formula is C23H22N4O. The van der Waals surface area contributed by atoms with Gasteiger partial charge in [-0.25, -0.2) is 4.68 Å². The summed E-state index contributed by atoms with van der Waals surface area (Å²) in [7, 11) is 0. The topological polar surface area (TPSA) is 51.9 Å². The third-order valence-corrected chi connectivity index (χ3v) is 5.49. The first-order valence-corrected chi connectivity index (χ1v) is 9.71. The second-order valence-electron chi connectivity index (χ2n) is 7.35. The predicted molar refractivity (Wildman–Crippen MR) is 111 cm³/mol. The van der Waals surface area contributed by atoms with Crippen LogP contribution in [0.3, 0.4) is 0 Å². The lowest BCUT2D eigenvalue weighted by Gasteiger charge is -2.13. The summed E-state index contributed by atoms with van der Waals surface area (Å²) in [4.78, 5) is 13.0. The van der Waals surface area contributed by atoms with Gasteiger partial charge in [0.2, 0.25) is 5.91 Å². The molecule has 0 saturated heterocycles. The Balaban J connectivity index is 1.48. The summed E-state index contributed by atoms with van der Waals surface area (Å²) in [5.41, 5.74) is 5.40. The summed E-state index contributed by atoms with van der Waals surface area (Å²) in [5, 5.41) is 9.09. The number of carbonyl (C=O) groups excluding carboxylic acids is 1. The van der Waals surface area contributed by atoms with Gasteiger partial charge in [-0.15, -0.1) is 0 Å². The molecule has 0 bridgehead atoms. The van der Waals surface area contributed by atoms with Gasteiger partial charge in [-0.2, -0.15) is 5.10 Å². The number of aryl methyl sites for hydroxylation is 2. The first kappa shape index (κ1) is 16.8. The zero-order valence-corrected chi connectivity index (χ0v) is 15.9. The Kier molecular flexibility index (Phi) is 4.01. The zero-order valence-electron chi connectivity index (χ0n) is 15.9. The zero-order chi connectivity index (χ0) is 19.1. The van der Waals surface area contributed by atoms with Gasteiger partial charge >= 0.3 is 0 Å². The van der Waals surface area contributed by atoms with E-state index in [1.807, 2.05) is 54.1 Å². The molecule has 0 fully saturated rings. The maximum Gasteiger partial charge on any atom is 0.245 e. The van der Waals surface area contributed by atoms with E-state index in [4.69, 9.17) is 5.10 Å². The molecule has 5 rings (SSSR count). The predicted octanol–water partition coefficient (Wildman–Crippen LogP) is 4.26. The minimum absolute atomic E-state index is 0.0313. The molecule has 140 valence electrons. The van der Waals surface area contributed by atoms with E-state index in [0.29, 0.717) is 0 Å². The van der Waals surface area contributed by atoms with E-state index in [1.54, 1.807) is 0 Å². The SMILES string of the molecule is Cc1cc2ccccc2n1CC(=O)Nc1c2c(nn1-c1ccccc1)CCC2. The normalized spacial score (nSPS) is 13.0. The minimum atomic E-state index is -0.0313.